The Kier molecular flexibility index (Phi) is 3.49. The maximum Gasteiger partial charge on any atom is 0.269 e. The number of nitro benzene ring substituents is 1. The summed E-state index contributed by atoms with van der Waals surface area (Å²) in [7, 11) is 1.54. The number of hydrogen-bond donors (Lipinski definition) is 1. The van der Waals surface area contributed by atoms with Crippen molar-refractivity contribution in [3.05, 3.63) is 33.9 Å². The average Bonchev–Trinajstić information content (AvgIpc) is 2.28. The highest BCUT2D eigenvalue weighted by molar-refractivity contribution is 5.47. The van der Waals surface area contributed by atoms with Gasteiger partial charge in [0.25, 0.3) is 5.69 Å². The van der Waals surface area contributed by atoms with Gasteiger partial charge in [-0.2, -0.15) is 0 Å². The Morgan fingerprint density at radius 2 is 2.12 bits per heavy atom. The second-order valence-electron chi connectivity index (χ2n) is 4.23. The predicted octanol–water partition coefficient (Wildman–Crippen LogP) is 1.84. The van der Waals surface area contributed by atoms with E-state index in [1.807, 2.05) is 13.8 Å². The predicted molar refractivity (Wildman–Crippen MR) is 61.7 cm³/mol. The van der Waals surface area contributed by atoms with Crippen LogP contribution in [0.1, 0.15) is 19.4 Å². The van der Waals surface area contributed by atoms with Gasteiger partial charge in [0.15, 0.2) is 0 Å². The minimum atomic E-state index is -0.421. The fraction of sp³-hybridized carbons (Fsp3) is 0.455. The molecule has 5 nitrogen and oxygen atoms in total. The van der Waals surface area contributed by atoms with Crippen LogP contribution in [0.4, 0.5) is 5.69 Å². The fourth-order valence-corrected chi connectivity index (χ4v) is 1.45. The summed E-state index contributed by atoms with van der Waals surface area (Å²) in [5, 5.41) is 10.7. The van der Waals surface area contributed by atoms with Crippen LogP contribution in [-0.2, 0) is 5.41 Å². The van der Waals surface area contributed by atoms with Gasteiger partial charge in [0.2, 0.25) is 0 Å². The number of nitro groups is 1. The third-order valence-electron chi connectivity index (χ3n) is 2.63. The number of ether oxygens (including phenoxy) is 1. The monoisotopic (exact) mass is 224 g/mol. The topological polar surface area (TPSA) is 78.4 Å². The maximum absolute atomic E-state index is 10.7. The molecule has 88 valence electrons. The molecule has 1 aromatic rings. The molecule has 0 heterocycles. The largest absolute Gasteiger partial charge is 0.496 e. The fourth-order valence-electron chi connectivity index (χ4n) is 1.45. The minimum absolute atomic E-state index is 0.0531. The van der Waals surface area contributed by atoms with Crippen LogP contribution in [0.2, 0.25) is 0 Å². The Morgan fingerprint density at radius 1 is 1.50 bits per heavy atom. The Morgan fingerprint density at radius 3 is 2.56 bits per heavy atom. The molecule has 0 aromatic heterocycles. The van der Waals surface area contributed by atoms with Crippen LogP contribution < -0.4 is 10.5 Å². The quantitative estimate of drug-likeness (QED) is 0.625. The van der Waals surface area contributed by atoms with Crippen molar-refractivity contribution in [2.75, 3.05) is 13.7 Å². The Labute approximate surface area is 94.4 Å². The van der Waals surface area contributed by atoms with E-state index in [0.29, 0.717) is 12.3 Å². The van der Waals surface area contributed by atoms with Gasteiger partial charge in [-0.05, 0) is 6.07 Å². The molecule has 2 N–H and O–H groups in total. The molecule has 0 bridgehead atoms. The number of nitrogens with zero attached hydrogens (tertiary/aromatic N) is 1. The number of benzene rings is 1. The zero-order valence-corrected chi connectivity index (χ0v) is 9.69. The van der Waals surface area contributed by atoms with Crippen molar-refractivity contribution >= 4 is 5.69 Å². The normalized spacial score (nSPS) is 11.2. The smallest absolute Gasteiger partial charge is 0.269 e. The van der Waals surface area contributed by atoms with E-state index in [9.17, 15) is 10.1 Å². The molecule has 0 saturated carbocycles. The first kappa shape index (κ1) is 12.4. The van der Waals surface area contributed by atoms with Crippen LogP contribution in [0.5, 0.6) is 5.75 Å². The number of rotatable bonds is 4. The highest BCUT2D eigenvalue weighted by atomic mass is 16.6. The van der Waals surface area contributed by atoms with E-state index in [0.717, 1.165) is 5.56 Å². The van der Waals surface area contributed by atoms with E-state index in [2.05, 4.69) is 0 Å². The molecule has 0 atom stereocenters. The molecule has 5 heteroatoms. The van der Waals surface area contributed by atoms with Gasteiger partial charge in [0.1, 0.15) is 5.75 Å². The highest BCUT2D eigenvalue weighted by Crippen LogP contribution is 2.33. The summed E-state index contributed by atoms with van der Waals surface area (Å²) >= 11 is 0. The van der Waals surface area contributed by atoms with Crippen LogP contribution in [0.15, 0.2) is 18.2 Å². The second kappa shape index (κ2) is 4.49. The Bertz CT molecular complexity index is 402. The van der Waals surface area contributed by atoms with Gasteiger partial charge in [-0.1, -0.05) is 13.8 Å². The van der Waals surface area contributed by atoms with Crippen LogP contribution >= 0.6 is 0 Å². The molecule has 0 aliphatic carbocycles. The Balaban J connectivity index is 3.33. The maximum atomic E-state index is 10.7. The van der Waals surface area contributed by atoms with E-state index in [4.69, 9.17) is 10.5 Å². The number of hydrogen-bond acceptors (Lipinski definition) is 4. The van der Waals surface area contributed by atoms with E-state index in [1.54, 1.807) is 6.07 Å². The van der Waals surface area contributed by atoms with Crippen molar-refractivity contribution in [1.29, 1.82) is 0 Å². The van der Waals surface area contributed by atoms with Gasteiger partial charge < -0.3 is 10.5 Å². The molecule has 0 aliphatic heterocycles. The van der Waals surface area contributed by atoms with Crippen molar-refractivity contribution < 1.29 is 9.66 Å². The summed E-state index contributed by atoms with van der Waals surface area (Å²) in [6, 6.07) is 4.55. The van der Waals surface area contributed by atoms with Gasteiger partial charge in [0, 0.05) is 29.7 Å². The van der Waals surface area contributed by atoms with Gasteiger partial charge in [0.05, 0.1) is 12.0 Å². The lowest BCUT2D eigenvalue weighted by molar-refractivity contribution is -0.385. The molecular weight excluding hydrogens is 208 g/mol. The molecule has 0 amide bonds. The number of non-ortho nitro benzene ring substituents is 1. The van der Waals surface area contributed by atoms with E-state index in [-0.39, 0.29) is 11.1 Å². The van der Waals surface area contributed by atoms with E-state index in [1.165, 1.54) is 19.2 Å². The number of nitrogens with two attached hydrogens (primary N) is 1. The van der Waals surface area contributed by atoms with E-state index >= 15 is 0 Å². The summed E-state index contributed by atoms with van der Waals surface area (Å²) in [4.78, 5) is 10.3. The number of methoxy groups -OCH3 is 1. The van der Waals surface area contributed by atoms with Crippen molar-refractivity contribution in [2.24, 2.45) is 5.73 Å². The summed E-state index contributed by atoms with van der Waals surface area (Å²) in [5.74, 6) is 0.626. The van der Waals surface area contributed by atoms with Crippen LogP contribution in [-0.4, -0.2) is 18.6 Å². The highest BCUT2D eigenvalue weighted by Gasteiger charge is 2.25. The van der Waals surface area contributed by atoms with Crippen LogP contribution in [0.3, 0.4) is 0 Å². The van der Waals surface area contributed by atoms with Gasteiger partial charge >= 0.3 is 0 Å². The summed E-state index contributed by atoms with van der Waals surface area (Å²) in [6.07, 6.45) is 0. The lowest BCUT2D eigenvalue weighted by Crippen LogP contribution is -2.28. The third kappa shape index (κ3) is 2.30. The van der Waals surface area contributed by atoms with Gasteiger partial charge in [-0.25, -0.2) is 0 Å². The van der Waals surface area contributed by atoms with Gasteiger partial charge in [-0.15, -0.1) is 0 Å². The van der Waals surface area contributed by atoms with Crippen LogP contribution in [0, 0.1) is 10.1 Å². The van der Waals surface area contributed by atoms with Crippen molar-refractivity contribution in [3.63, 3.8) is 0 Å². The van der Waals surface area contributed by atoms with Crippen molar-refractivity contribution in [2.45, 2.75) is 19.3 Å². The average molecular weight is 224 g/mol. The molecule has 1 rings (SSSR count). The lowest BCUT2D eigenvalue weighted by atomic mass is 9.84. The molecule has 0 radical (unpaired) electrons. The summed E-state index contributed by atoms with van der Waals surface area (Å²) in [5.41, 5.74) is 6.12. The lowest BCUT2D eigenvalue weighted by Gasteiger charge is -2.24. The van der Waals surface area contributed by atoms with Crippen molar-refractivity contribution in [3.8, 4) is 5.75 Å². The molecule has 1 aromatic carbocycles. The first-order valence-corrected chi connectivity index (χ1v) is 4.95. The molecule has 0 aliphatic rings. The molecule has 16 heavy (non-hydrogen) atoms. The van der Waals surface area contributed by atoms with Gasteiger partial charge in [-0.3, -0.25) is 10.1 Å². The Hall–Kier alpha value is -1.62. The second-order valence-corrected chi connectivity index (χ2v) is 4.23. The molecule has 0 saturated heterocycles. The molecule has 0 unspecified atom stereocenters. The zero-order valence-electron chi connectivity index (χ0n) is 9.69. The van der Waals surface area contributed by atoms with Crippen LogP contribution in [0.25, 0.3) is 0 Å². The van der Waals surface area contributed by atoms with Crippen molar-refractivity contribution in [1.82, 2.24) is 0 Å². The zero-order chi connectivity index (χ0) is 12.3. The van der Waals surface area contributed by atoms with E-state index < -0.39 is 4.92 Å². The molecular formula is C11H16N2O3. The standard InChI is InChI=1S/C11H16N2O3/c1-11(2,7-12)9-6-8(13(14)15)4-5-10(9)16-3/h4-6H,7,12H2,1-3H3. The SMILES string of the molecule is COc1ccc([N+](=O)[O-])cc1C(C)(C)CN. The third-order valence-corrected chi connectivity index (χ3v) is 2.63. The minimum Gasteiger partial charge on any atom is -0.496 e. The first-order chi connectivity index (χ1) is 7.42. The molecule has 0 spiro atoms. The summed E-state index contributed by atoms with van der Waals surface area (Å²) < 4.78 is 5.19. The first-order valence-electron chi connectivity index (χ1n) is 4.95. The molecule has 0 fully saturated rings. The summed E-state index contributed by atoms with van der Waals surface area (Å²) in [6.45, 7) is 4.24.